The van der Waals surface area contributed by atoms with Crippen molar-refractivity contribution >= 4 is 17.7 Å². The molecular formula is C18H18N4O2S. The average Bonchev–Trinajstić information content (AvgIpc) is 3.04. The maximum Gasteiger partial charge on any atom is 0.316 e. The summed E-state index contributed by atoms with van der Waals surface area (Å²) in [5.41, 5.74) is 2.06. The number of rotatable bonds is 7. The molecule has 0 aliphatic carbocycles. The number of aryl methyl sites for hydroxylation is 1. The summed E-state index contributed by atoms with van der Waals surface area (Å²) in [5.74, 6) is -0.172. The summed E-state index contributed by atoms with van der Waals surface area (Å²) in [6.07, 6.45) is 4.25. The van der Waals surface area contributed by atoms with Gasteiger partial charge in [-0.15, -0.1) is 10.2 Å². The Kier molecular flexibility index (Phi) is 5.45. The molecule has 0 amide bonds. The second-order valence-electron chi connectivity index (χ2n) is 5.53. The number of benzene rings is 1. The molecule has 1 N–H and O–H groups in total. The van der Waals surface area contributed by atoms with Crippen molar-refractivity contribution in [1.29, 1.82) is 0 Å². The molecule has 1 atom stereocenters. The topological polar surface area (TPSA) is 80.9 Å². The Balaban J connectivity index is 1.90. The zero-order chi connectivity index (χ0) is 17.6. The fourth-order valence-corrected chi connectivity index (χ4v) is 3.19. The number of hydrogen-bond acceptors (Lipinski definition) is 5. The van der Waals surface area contributed by atoms with Crippen molar-refractivity contribution in [2.75, 3.05) is 0 Å². The van der Waals surface area contributed by atoms with Gasteiger partial charge in [-0.3, -0.25) is 9.78 Å². The number of thioether (sulfide) groups is 1. The SMILES string of the molecule is C[C@H](Sc1nnc(-c2cccnc2)n1CCc1ccccc1)C(=O)O. The maximum absolute atomic E-state index is 11.2. The Morgan fingerprint density at radius 3 is 2.68 bits per heavy atom. The monoisotopic (exact) mass is 354 g/mol. The van der Waals surface area contributed by atoms with Gasteiger partial charge in [-0.25, -0.2) is 0 Å². The molecule has 0 bridgehead atoms. The first-order valence-corrected chi connectivity index (χ1v) is 8.80. The maximum atomic E-state index is 11.2. The van der Waals surface area contributed by atoms with Crippen LogP contribution in [0.25, 0.3) is 11.4 Å². The molecule has 0 saturated heterocycles. The van der Waals surface area contributed by atoms with E-state index in [0.29, 0.717) is 17.5 Å². The van der Waals surface area contributed by atoms with E-state index in [1.165, 1.54) is 17.3 Å². The van der Waals surface area contributed by atoms with E-state index in [0.717, 1.165) is 12.0 Å². The molecule has 3 rings (SSSR count). The minimum Gasteiger partial charge on any atom is -0.480 e. The lowest BCUT2D eigenvalue weighted by atomic mass is 10.1. The first-order valence-electron chi connectivity index (χ1n) is 7.92. The first kappa shape index (κ1) is 17.2. The average molecular weight is 354 g/mol. The van der Waals surface area contributed by atoms with E-state index in [1.807, 2.05) is 34.9 Å². The van der Waals surface area contributed by atoms with Crippen LogP contribution in [0.3, 0.4) is 0 Å². The van der Waals surface area contributed by atoms with Gasteiger partial charge < -0.3 is 9.67 Å². The third-order valence-electron chi connectivity index (χ3n) is 3.73. The molecule has 25 heavy (non-hydrogen) atoms. The molecule has 3 aromatic rings. The summed E-state index contributed by atoms with van der Waals surface area (Å²) in [4.78, 5) is 15.3. The van der Waals surface area contributed by atoms with Crippen LogP contribution >= 0.6 is 11.8 Å². The van der Waals surface area contributed by atoms with Crippen LogP contribution in [-0.4, -0.2) is 36.1 Å². The van der Waals surface area contributed by atoms with E-state index in [9.17, 15) is 9.90 Å². The van der Waals surface area contributed by atoms with Crippen LogP contribution in [0, 0.1) is 0 Å². The molecule has 0 spiro atoms. The second kappa shape index (κ2) is 7.94. The number of carbonyl (C=O) groups is 1. The number of hydrogen-bond donors (Lipinski definition) is 1. The normalized spacial score (nSPS) is 12.0. The second-order valence-corrected chi connectivity index (χ2v) is 6.84. The highest BCUT2D eigenvalue weighted by Gasteiger charge is 2.20. The minimum absolute atomic E-state index is 0.596. The predicted octanol–water partition coefficient (Wildman–Crippen LogP) is 3.15. The lowest BCUT2D eigenvalue weighted by Gasteiger charge is -2.11. The van der Waals surface area contributed by atoms with Gasteiger partial charge in [-0.1, -0.05) is 42.1 Å². The van der Waals surface area contributed by atoms with E-state index in [2.05, 4.69) is 27.3 Å². The summed E-state index contributed by atoms with van der Waals surface area (Å²) in [6.45, 7) is 2.31. The molecule has 0 unspecified atom stereocenters. The third kappa shape index (κ3) is 4.24. The van der Waals surface area contributed by atoms with Gasteiger partial charge in [0.2, 0.25) is 0 Å². The Bertz CT molecular complexity index is 837. The molecular weight excluding hydrogens is 336 g/mol. The predicted molar refractivity (Wildman–Crippen MR) is 96.4 cm³/mol. The lowest BCUT2D eigenvalue weighted by Crippen LogP contribution is -2.13. The summed E-state index contributed by atoms with van der Waals surface area (Å²) >= 11 is 1.20. The molecule has 0 saturated carbocycles. The van der Waals surface area contributed by atoms with Gasteiger partial charge >= 0.3 is 5.97 Å². The Hall–Kier alpha value is -2.67. The largest absolute Gasteiger partial charge is 0.480 e. The van der Waals surface area contributed by atoms with Crippen molar-refractivity contribution in [3.05, 3.63) is 60.4 Å². The molecule has 2 aromatic heterocycles. The van der Waals surface area contributed by atoms with E-state index in [-0.39, 0.29) is 0 Å². The summed E-state index contributed by atoms with van der Waals surface area (Å²) < 4.78 is 1.97. The van der Waals surface area contributed by atoms with E-state index in [4.69, 9.17) is 0 Å². The third-order valence-corrected chi connectivity index (χ3v) is 4.80. The highest BCUT2D eigenvalue weighted by molar-refractivity contribution is 8.00. The quantitative estimate of drug-likeness (QED) is 0.657. The fraction of sp³-hybridized carbons (Fsp3) is 0.222. The van der Waals surface area contributed by atoms with E-state index in [1.54, 1.807) is 19.3 Å². The van der Waals surface area contributed by atoms with Crippen LogP contribution < -0.4 is 0 Å². The van der Waals surface area contributed by atoms with Crippen molar-refractivity contribution in [3.8, 4) is 11.4 Å². The zero-order valence-electron chi connectivity index (χ0n) is 13.7. The molecule has 2 heterocycles. The van der Waals surface area contributed by atoms with Crippen molar-refractivity contribution in [1.82, 2.24) is 19.7 Å². The van der Waals surface area contributed by atoms with Crippen molar-refractivity contribution in [3.63, 3.8) is 0 Å². The minimum atomic E-state index is -0.870. The van der Waals surface area contributed by atoms with Crippen LogP contribution in [0.5, 0.6) is 0 Å². The van der Waals surface area contributed by atoms with Crippen LogP contribution in [-0.2, 0) is 17.8 Å². The standard InChI is InChI=1S/C18H18N4O2S/c1-13(17(23)24)25-18-21-20-16(15-8-5-10-19-12-15)22(18)11-9-14-6-3-2-4-7-14/h2-8,10,12-13H,9,11H2,1H3,(H,23,24)/t13-/m0/s1. The van der Waals surface area contributed by atoms with Crippen LogP contribution in [0.15, 0.2) is 60.0 Å². The number of aromatic nitrogens is 4. The first-order chi connectivity index (χ1) is 12.1. The number of carboxylic acid groups (broad SMARTS) is 1. The highest BCUT2D eigenvalue weighted by Crippen LogP contribution is 2.27. The molecule has 1 aromatic carbocycles. The van der Waals surface area contributed by atoms with Gasteiger partial charge in [-0.05, 0) is 31.0 Å². The number of pyridine rings is 1. The van der Waals surface area contributed by atoms with Crippen molar-refractivity contribution in [2.24, 2.45) is 0 Å². The summed E-state index contributed by atoms with van der Waals surface area (Å²) in [6, 6.07) is 13.9. The van der Waals surface area contributed by atoms with Crippen LogP contribution in [0.2, 0.25) is 0 Å². The molecule has 128 valence electrons. The Morgan fingerprint density at radius 1 is 1.20 bits per heavy atom. The van der Waals surface area contributed by atoms with Gasteiger partial charge in [-0.2, -0.15) is 0 Å². The molecule has 0 radical (unpaired) electrons. The van der Waals surface area contributed by atoms with E-state index < -0.39 is 11.2 Å². The van der Waals surface area contributed by atoms with Gasteiger partial charge in [0.1, 0.15) is 5.25 Å². The number of carboxylic acids is 1. The van der Waals surface area contributed by atoms with Gasteiger partial charge in [0.05, 0.1) is 0 Å². The number of aliphatic carboxylic acids is 1. The Labute approximate surface area is 149 Å². The molecule has 0 fully saturated rings. The van der Waals surface area contributed by atoms with Gasteiger partial charge in [0, 0.05) is 24.5 Å². The molecule has 0 aliphatic heterocycles. The summed E-state index contributed by atoms with van der Waals surface area (Å²) in [7, 11) is 0. The van der Waals surface area contributed by atoms with Crippen molar-refractivity contribution < 1.29 is 9.90 Å². The van der Waals surface area contributed by atoms with Crippen LogP contribution in [0.4, 0.5) is 0 Å². The Morgan fingerprint density at radius 2 is 2.00 bits per heavy atom. The van der Waals surface area contributed by atoms with Gasteiger partial charge in [0.25, 0.3) is 0 Å². The van der Waals surface area contributed by atoms with Crippen LogP contribution in [0.1, 0.15) is 12.5 Å². The lowest BCUT2D eigenvalue weighted by molar-refractivity contribution is -0.136. The van der Waals surface area contributed by atoms with Crippen molar-refractivity contribution in [2.45, 2.75) is 30.3 Å². The highest BCUT2D eigenvalue weighted by atomic mass is 32.2. The number of nitrogens with zero attached hydrogens (tertiary/aromatic N) is 4. The molecule has 7 heteroatoms. The summed E-state index contributed by atoms with van der Waals surface area (Å²) in [5, 5.41) is 17.7. The van der Waals surface area contributed by atoms with Gasteiger partial charge in [0.15, 0.2) is 11.0 Å². The zero-order valence-corrected chi connectivity index (χ0v) is 14.6. The molecule has 6 nitrogen and oxygen atoms in total. The van der Waals surface area contributed by atoms with E-state index >= 15 is 0 Å². The molecule has 0 aliphatic rings. The smallest absolute Gasteiger partial charge is 0.316 e. The fourth-order valence-electron chi connectivity index (χ4n) is 2.38.